The smallest absolute Gasteiger partial charge is 0.133 e. The second-order valence-corrected chi connectivity index (χ2v) is 6.54. The van der Waals surface area contributed by atoms with Crippen LogP contribution in [0.2, 0.25) is 0 Å². The molecule has 0 bridgehead atoms. The summed E-state index contributed by atoms with van der Waals surface area (Å²) in [7, 11) is 1.66. The second-order valence-electron chi connectivity index (χ2n) is 4.44. The minimum Gasteiger partial charge on any atom is -0.496 e. The van der Waals surface area contributed by atoms with Gasteiger partial charge in [-0.25, -0.2) is 0 Å². The van der Waals surface area contributed by atoms with Gasteiger partial charge >= 0.3 is 0 Å². The third-order valence-electron chi connectivity index (χ3n) is 3.13. The van der Waals surface area contributed by atoms with Crippen molar-refractivity contribution in [3.8, 4) is 5.75 Å². The molecule has 0 aromatic heterocycles. The maximum absolute atomic E-state index is 5.71. The molecule has 0 aliphatic heterocycles. The zero-order valence-corrected chi connectivity index (χ0v) is 14.8. The highest BCUT2D eigenvalue weighted by Gasteiger charge is 2.12. The molecule has 0 fully saturated rings. The predicted molar refractivity (Wildman–Crippen MR) is 93.6 cm³/mol. The summed E-state index contributed by atoms with van der Waals surface area (Å²) in [5.41, 5.74) is 5.26. The summed E-state index contributed by atoms with van der Waals surface area (Å²) in [4.78, 5) is 0. The second kappa shape index (κ2) is 7.40. The van der Waals surface area contributed by atoms with Crippen molar-refractivity contribution in [2.24, 2.45) is 5.84 Å². The average molecular weight is 447 g/mol. The van der Waals surface area contributed by atoms with Gasteiger partial charge in [-0.3, -0.25) is 11.3 Å². The molecule has 0 saturated carbocycles. The Bertz CT molecular complexity index is 575. The van der Waals surface area contributed by atoms with Crippen molar-refractivity contribution in [3.05, 3.63) is 61.6 Å². The molecule has 2 rings (SSSR count). The number of nitrogens with one attached hydrogen (secondary N) is 1. The Hall–Kier alpha value is -0.630. The van der Waals surface area contributed by atoms with Crippen LogP contribution in [0.5, 0.6) is 5.75 Å². The molecular formula is C15H16BrIN2O. The molecule has 5 heteroatoms. The number of halogens is 2. The Morgan fingerprint density at radius 1 is 1.25 bits per heavy atom. The van der Waals surface area contributed by atoms with E-state index in [2.05, 4.69) is 68.2 Å². The van der Waals surface area contributed by atoms with Crippen LogP contribution in [0, 0.1) is 3.57 Å². The molecule has 0 radical (unpaired) electrons. The summed E-state index contributed by atoms with van der Waals surface area (Å²) in [6.07, 6.45) is 0.839. The molecule has 3 nitrogen and oxygen atoms in total. The van der Waals surface area contributed by atoms with Gasteiger partial charge in [0.2, 0.25) is 0 Å². The van der Waals surface area contributed by atoms with Crippen LogP contribution in [0.1, 0.15) is 17.2 Å². The lowest BCUT2D eigenvalue weighted by Gasteiger charge is -2.17. The summed E-state index contributed by atoms with van der Waals surface area (Å²) >= 11 is 5.81. The molecule has 0 heterocycles. The molecule has 2 aromatic rings. The number of hydrogen-bond donors (Lipinski definition) is 2. The summed E-state index contributed by atoms with van der Waals surface area (Å²) < 4.78 is 7.41. The zero-order chi connectivity index (χ0) is 14.5. The summed E-state index contributed by atoms with van der Waals surface area (Å²) in [6.45, 7) is 0. The van der Waals surface area contributed by atoms with Gasteiger partial charge in [-0.2, -0.15) is 0 Å². The Morgan fingerprint density at radius 2 is 1.95 bits per heavy atom. The fourth-order valence-corrected chi connectivity index (χ4v) is 2.95. The molecule has 3 N–H and O–H groups in total. The first kappa shape index (κ1) is 15.8. The number of rotatable bonds is 5. The highest BCUT2D eigenvalue weighted by atomic mass is 127. The average Bonchev–Trinajstić information content (AvgIpc) is 2.46. The van der Waals surface area contributed by atoms with E-state index in [0.717, 1.165) is 22.2 Å². The standard InChI is InChI=1S/C15H16BrIN2O/c1-20-15-7-4-11(9-13(15)16)14(19-18)8-10-2-5-12(17)6-3-10/h2-7,9,14,19H,8,18H2,1H3. The molecule has 0 saturated heterocycles. The highest BCUT2D eigenvalue weighted by Crippen LogP contribution is 2.29. The number of hydrogen-bond acceptors (Lipinski definition) is 3. The van der Waals surface area contributed by atoms with E-state index in [4.69, 9.17) is 10.6 Å². The van der Waals surface area contributed by atoms with Gasteiger partial charge in [0.15, 0.2) is 0 Å². The summed E-state index contributed by atoms with van der Waals surface area (Å²) in [6, 6.07) is 14.5. The summed E-state index contributed by atoms with van der Waals surface area (Å²) in [5.74, 6) is 6.52. The van der Waals surface area contributed by atoms with E-state index in [0.29, 0.717) is 0 Å². The van der Waals surface area contributed by atoms with E-state index >= 15 is 0 Å². The highest BCUT2D eigenvalue weighted by molar-refractivity contribution is 14.1. The fourth-order valence-electron chi connectivity index (χ4n) is 2.03. The van der Waals surface area contributed by atoms with Crippen molar-refractivity contribution in [1.29, 1.82) is 0 Å². The van der Waals surface area contributed by atoms with Crippen LogP contribution in [-0.2, 0) is 6.42 Å². The largest absolute Gasteiger partial charge is 0.496 e. The van der Waals surface area contributed by atoms with Crippen molar-refractivity contribution in [1.82, 2.24) is 5.43 Å². The van der Waals surface area contributed by atoms with E-state index < -0.39 is 0 Å². The number of nitrogens with two attached hydrogens (primary N) is 1. The molecule has 0 aliphatic carbocycles. The number of methoxy groups -OCH3 is 1. The SMILES string of the molecule is COc1ccc(C(Cc2ccc(I)cc2)NN)cc1Br. The Morgan fingerprint density at radius 3 is 2.50 bits per heavy atom. The van der Waals surface area contributed by atoms with Gasteiger partial charge in [0.05, 0.1) is 17.6 Å². The fraction of sp³-hybridized carbons (Fsp3) is 0.200. The Kier molecular flexibility index (Phi) is 5.83. The van der Waals surface area contributed by atoms with E-state index in [1.165, 1.54) is 9.13 Å². The van der Waals surface area contributed by atoms with Gasteiger partial charge in [-0.15, -0.1) is 0 Å². The predicted octanol–water partition coefficient (Wildman–Crippen LogP) is 3.81. The Labute approximate surface area is 141 Å². The van der Waals surface area contributed by atoms with Gasteiger partial charge in [0.25, 0.3) is 0 Å². The topological polar surface area (TPSA) is 47.3 Å². The normalized spacial score (nSPS) is 12.2. The summed E-state index contributed by atoms with van der Waals surface area (Å²) in [5, 5.41) is 0. The minimum atomic E-state index is 0.0669. The van der Waals surface area contributed by atoms with Crippen molar-refractivity contribution in [3.63, 3.8) is 0 Å². The maximum atomic E-state index is 5.71. The third-order valence-corrected chi connectivity index (χ3v) is 4.47. The van der Waals surface area contributed by atoms with E-state index in [9.17, 15) is 0 Å². The quantitative estimate of drug-likeness (QED) is 0.417. The first-order chi connectivity index (χ1) is 9.63. The van der Waals surface area contributed by atoms with Gasteiger partial charge < -0.3 is 4.74 Å². The van der Waals surface area contributed by atoms with Crippen molar-refractivity contribution in [2.45, 2.75) is 12.5 Å². The van der Waals surface area contributed by atoms with Gasteiger partial charge in [-0.05, 0) is 80.3 Å². The van der Waals surface area contributed by atoms with Crippen LogP contribution in [-0.4, -0.2) is 7.11 Å². The van der Waals surface area contributed by atoms with E-state index in [1.807, 2.05) is 18.2 Å². The molecular weight excluding hydrogens is 431 g/mol. The first-order valence-corrected chi connectivity index (χ1v) is 8.05. The number of hydrazine groups is 1. The first-order valence-electron chi connectivity index (χ1n) is 6.18. The minimum absolute atomic E-state index is 0.0669. The van der Waals surface area contributed by atoms with Gasteiger partial charge in [0.1, 0.15) is 5.75 Å². The van der Waals surface area contributed by atoms with Crippen molar-refractivity contribution >= 4 is 38.5 Å². The lowest BCUT2D eigenvalue weighted by Crippen LogP contribution is -2.29. The number of ether oxygens (including phenoxy) is 1. The van der Waals surface area contributed by atoms with Crippen LogP contribution < -0.4 is 16.0 Å². The van der Waals surface area contributed by atoms with Crippen LogP contribution in [0.15, 0.2) is 46.9 Å². The molecule has 2 aromatic carbocycles. The van der Waals surface area contributed by atoms with E-state index in [1.54, 1.807) is 7.11 Å². The molecule has 1 atom stereocenters. The van der Waals surface area contributed by atoms with Crippen LogP contribution in [0.4, 0.5) is 0 Å². The van der Waals surface area contributed by atoms with Crippen molar-refractivity contribution < 1.29 is 4.74 Å². The lowest BCUT2D eigenvalue weighted by molar-refractivity contribution is 0.411. The van der Waals surface area contributed by atoms with Gasteiger partial charge in [-0.1, -0.05) is 18.2 Å². The van der Waals surface area contributed by atoms with Crippen LogP contribution in [0.25, 0.3) is 0 Å². The monoisotopic (exact) mass is 446 g/mol. The molecule has 106 valence electrons. The van der Waals surface area contributed by atoms with E-state index in [-0.39, 0.29) is 6.04 Å². The van der Waals surface area contributed by atoms with Crippen LogP contribution in [0.3, 0.4) is 0 Å². The molecule has 0 aliphatic rings. The van der Waals surface area contributed by atoms with Gasteiger partial charge in [0, 0.05) is 3.57 Å². The van der Waals surface area contributed by atoms with Crippen LogP contribution >= 0.6 is 38.5 Å². The third kappa shape index (κ3) is 3.94. The maximum Gasteiger partial charge on any atom is 0.133 e. The molecule has 20 heavy (non-hydrogen) atoms. The number of benzene rings is 2. The van der Waals surface area contributed by atoms with Crippen molar-refractivity contribution in [2.75, 3.05) is 7.11 Å². The molecule has 0 amide bonds. The zero-order valence-electron chi connectivity index (χ0n) is 11.1. The molecule has 0 spiro atoms. The molecule has 1 unspecified atom stereocenters. The Balaban J connectivity index is 2.19. The lowest BCUT2D eigenvalue weighted by atomic mass is 9.99.